The van der Waals surface area contributed by atoms with Gasteiger partial charge in [-0.1, -0.05) is 100 Å². The van der Waals surface area contributed by atoms with E-state index in [1.54, 1.807) is 30.3 Å². The van der Waals surface area contributed by atoms with Crippen LogP contribution in [0.1, 0.15) is 91.0 Å². The molecule has 0 saturated carbocycles. The molecule has 0 radical (unpaired) electrons. The SMILES string of the molecule is CCCCCCCCCCOc1cccc(C(=O)Oc2ccccc2C(=O)CC(=O)OC)c1OCc1ccccc1. The van der Waals surface area contributed by atoms with E-state index in [0.717, 1.165) is 18.4 Å². The second-order valence-corrected chi connectivity index (χ2v) is 9.79. The smallest absolute Gasteiger partial charge is 0.347 e. The highest BCUT2D eigenvalue weighted by molar-refractivity contribution is 6.08. The minimum Gasteiger partial charge on any atom is -0.490 e. The highest BCUT2D eigenvalue weighted by Gasteiger charge is 2.23. The molecule has 0 N–H and O–H groups in total. The fraction of sp³-hybridized carbons (Fsp3) is 0.382. The van der Waals surface area contributed by atoms with E-state index in [-0.39, 0.29) is 29.2 Å². The predicted octanol–water partition coefficient (Wildman–Crippen LogP) is 7.75. The molecule has 3 rings (SSSR count). The molecule has 3 aromatic rings. The van der Waals surface area contributed by atoms with E-state index < -0.39 is 24.1 Å². The molecule has 0 fully saturated rings. The number of benzene rings is 3. The normalized spacial score (nSPS) is 10.6. The van der Waals surface area contributed by atoms with Crippen LogP contribution in [-0.2, 0) is 16.1 Å². The van der Waals surface area contributed by atoms with Crippen LogP contribution in [0.2, 0.25) is 0 Å². The van der Waals surface area contributed by atoms with Crippen molar-refractivity contribution in [1.29, 1.82) is 0 Å². The molecule has 0 unspecified atom stereocenters. The maximum absolute atomic E-state index is 13.4. The summed E-state index contributed by atoms with van der Waals surface area (Å²) in [4.78, 5) is 37.7. The molecule has 0 saturated heterocycles. The van der Waals surface area contributed by atoms with Crippen LogP contribution in [0.3, 0.4) is 0 Å². The molecule has 7 nitrogen and oxygen atoms in total. The Bertz CT molecular complexity index is 1250. The van der Waals surface area contributed by atoms with Gasteiger partial charge in [-0.2, -0.15) is 0 Å². The molecule has 41 heavy (non-hydrogen) atoms. The number of hydrogen-bond acceptors (Lipinski definition) is 7. The number of methoxy groups -OCH3 is 1. The van der Waals surface area contributed by atoms with Gasteiger partial charge in [0.1, 0.15) is 24.3 Å². The number of hydrogen-bond donors (Lipinski definition) is 0. The molecule has 0 spiro atoms. The summed E-state index contributed by atoms with van der Waals surface area (Å²) in [6.45, 7) is 2.95. The van der Waals surface area contributed by atoms with Crippen LogP contribution in [0.25, 0.3) is 0 Å². The van der Waals surface area contributed by atoms with Crippen molar-refractivity contribution >= 4 is 17.7 Å². The second kappa shape index (κ2) is 17.5. The van der Waals surface area contributed by atoms with Gasteiger partial charge in [0, 0.05) is 0 Å². The number of unbranched alkanes of at least 4 members (excludes halogenated alkanes) is 7. The molecule has 218 valence electrons. The molecule has 0 aliphatic heterocycles. The minimum atomic E-state index is -0.705. The van der Waals surface area contributed by atoms with Crippen molar-refractivity contribution in [1.82, 2.24) is 0 Å². The van der Waals surface area contributed by atoms with E-state index in [1.807, 2.05) is 30.3 Å². The van der Waals surface area contributed by atoms with E-state index in [0.29, 0.717) is 12.4 Å². The number of ether oxygens (including phenoxy) is 4. The van der Waals surface area contributed by atoms with E-state index in [1.165, 1.54) is 57.8 Å². The Labute approximate surface area is 242 Å². The third kappa shape index (κ3) is 10.4. The zero-order valence-corrected chi connectivity index (χ0v) is 24.1. The van der Waals surface area contributed by atoms with Crippen LogP contribution in [0.5, 0.6) is 17.2 Å². The van der Waals surface area contributed by atoms with Crippen LogP contribution >= 0.6 is 0 Å². The summed E-state index contributed by atoms with van der Waals surface area (Å²) in [6, 6.07) is 21.0. The van der Waals surface area contributed by atoms with Crippen LogP contribution in [-0.4, -0.2) is 31.4 Å². The lowest BCUT2D eigenvalue weighted by molar-refractivity contribution is -0.139. The molecule has 0 heterocycles. The summed E-state index contributed by atoms with van der Waals surface area (Å²) >= 11 is 0. The summed E-state index contributed by atoms with van der Waals surface area (Å²) in [5.41, 5.74) is 1.22. The van der Waals surface area contributed by atoms with Crippen molar-refractivity contribution in [3.8, 4) is 17.2 Å². The lowest BCUT2D eigenvalue weighted by atomic mass is 10.1. The van der Waals surface area contributed by atoms with E-state index in [2.05, 4.69) is 11.7 Å². The average molecular weight is 561 g/mol. The van der Waals surface area contributed by atoms with Crippen LogP contribution < -0.4 is 14.2 Å². The number of ketones is 1. The third-order valence-electron chi connectivity index (χ3n) is 6.60. The number of carbonyl (C=O) groups is 3. The molecular formula is C34H40O7. The topological polar surface area (TPSA) is 88.1 Å². The predicted molar refractivity (Wildman–Crippen MR) is 158 cm³/mol. The van der Waals surface area contributed by atoms with Gasteiger partial charge < -0.3 is 18.9 Å². The molecule has 0 aliphatic rings. The second-order valence-electron chi connectivity index (χ2n) is 9.79. The molecule has 0 bridgehead atoms. The Balaban J connectivity index is 1.73. The molecule has 7 heteroatoms. The highest BCUT2D eigenvalue weighted by atomic mass is 16.5. The van der Waals surface area contributed by atoms with E-state index in [9.17, 15) is 14.4 Å². The summed E-state index contributed by atoms with van der Waals surface area (Å²) < 4.78 is 22.5. The first-order valence-corrected chi connectivity index (χ1v) is 14.4. The van der Waals surface area contributed by atoms with Crippen LogP contribution in [0.4, 0.5) is 0 Å². The lowest BCUT2D eigenvalue weighted by Crippen LogP contribution is -2.15. The van der Waals surface area contributed by atoms with Gasteiger partial charge in [0.2, 0.25) is 0 Å². The first-order chi connectivity index (χ1) is 20.0. The first-order valence-electron chi connectivity index (χ1n) is 14.4. The highest BCUT2D eigenvalue weighted by Crippen LogP contribution is 2.34. The largest absolute Gasteiger partial charge is 0.490 e. The zero-order chi connectivity index (χ0) is 29.3. The minimum absolute atomic E-state index is 0.0469. The summed E-state index contributed by atoms with van der Waals surface area (Å²) in [7, 11) is 1.21. The fourth-order valence-corrected chi connectivity index (χ4v) is 4.33. The standard InChI is InChI=1S/C34H40O7/c1-3-4-5-6-7-8-9-15-23-39-31-22-16-20-28(33(31)40-25-26-17-11-10-12-18-26)34(37)41-30-21-14-13-19-27(30)29(35)24-32(36)38-2/h10-14,16-22H,3-9,15,23-25H2,1-2H3. The Morgan fingerprint density at radius 1 is 0.659 bits per heavy atom. The van der Waals surface area contributed by atoms with Crippen molar-refractivity contribution < 1.29 is 33.3 Å². The number of para-hydroxylation sites is 2. The molecule has 0 atom stereocenters. The summed E-state index contributed by atoms with van der Waals surface area (Å²) in [5, 5.41) is 0. The summed E-state index contributed by atoms with van der Waals surface area (Å²) in [6.07, 6.45) is 9.02. The van der Waals surface area contributed by atoms with E-state index in [4.69, 9.17) is 14.2 Å². The fourth-order valence-electron chi connectivity index (χ4n) is 4.33. The quantitative estimate of drug-likeness (QED) is 0.0517. The van der Waals surface area contributed by atoms with Crippen LogP contribution in [0, 0.1) is 0 Å². The van der Waals surface area contributed by atoms with E-state index >= 15 is 0 Å². The van der Waals surface area contributed by atoms with Crippen molar-refractivity contribution in [2.24, 2.45) is 0 Å². The summed E-state index contributed by atoms with van der Waals surface area (Å²) in [5.74, 6) is -1.11. The van der Waals surface area contributed by atoms with Gasteiger partial charge in [-0.25, -0.2) is 4.79 Å². The number of carbonyl (C=O) groups excluding carboxylic acids is 3. The Morgan fingerprint density at radius 3 is 2.02 bits per heavy atom. The maximum Gasteiger partial charge on any atom is 0.347 e. The van der Waals surface area contributed by atoms with Crippen molar-refractivity contribution in [3.05, 3.63) is 89.5 Å². The Morgan fingerprint density at radius 2 is 1.29 bits per heavy atom. The Kier molecular flexibility index (Phi) is 13.4. The first kappa shape index (κ1) is 31.4. The number of esters is 2. The van der Waals surface area contributed by atoms with Gasteiger partial charge in [-0.3, -0.25) is 9.59 Å². The monoisotopic (exact) mass is 560 g/mol. The van der Waals surface area contributed by atoms with Crippen molar-refractivity contribution in [2.75, 3.05) is 13.7 Å². The molecular weight excluding hydrogens is 520 g/mol. The van der Waals surface area contributed by atoms with Gasteiger partial charge in [0.05, 0.1) is 19.3 Å². The van der Waals surface area contributed by atoms with Gasteiger partial charge in [0.25, 0.3) is 0 Å². The number of Topliss-reactive ketones (excluding diaryl/α,β-unsaturated/α-hetero) is 1. The van der Waals surface area contributed by atoms with Gasteiger partial charge in [-0.15, -0.1) is 0 Å². The maximum atomic E-state index is 13.4. The average Bonchev–Trinajstić information content (AvgIpc) is 3.00. The van der Waals surface area contributed by atoms with Crippen molar-refractivity contribution in [2.45, 2.75) is 71.3 Å². The van der Waals surface area contributed by atoms with Gasteiger partial charge in [0.15, 0.2) is 17.3 Å². The molecule has 0 aliphatic carbocycles. The van der Waals surface area contributed by atoms with Crippen molar-refractivity contribution in [3.63, 3.8) is 0 Å². The molecule has 0 aromatic heterocycles. The Hall–Kier alpha value is -4.13. The van der Waals surface area contributed by atoms with Crippen LogP contribution in [0.15, 0.2) is 72.8 Å². The third-order valence-corrected chi connectivity index (χ3v) is 6.60. The lowest BCUT2D eigenvalue weighted by Gasteiger charge is -2.17. The van der Waals surface area contributed by atoms with Gasteiger partial charge >= 0.3 is 11.9 Å². The zero-order valence-electron chi connectivity index (χ0n) is 24.1. The van der Waals surface area contributed by atoms with Gasteiger partial charge in [-0.05, 0) is 36.2 Å². The molecule has 3 aromatic carbocycles. The molecule has 0 amide bonds. The number of rotatable bonds is 18.